The molecule has 0 aliphatic heterocycles. The highest BCUT2D eigenvalue weighted by Gasteiger charge is 2.16. The first kappa shape index (κ1) is 11.8. The molecule has 1 aromatic carbocycles. The van der Waals surface area contributed by atoms with Gasteiger partial charge in [0.25, 0.3) is 5.91 Å². The van der Waals surface area contributed by atoms with Crippen molar-refractivity contribution in [3.63, 3.8) is 0 Å². The maximum absolute atomic E-state index is 12.1. The Hall–Kier alpha value is -1.86. The average Bonchev–Trinajstić information content (AvgIpc) is 2.45. The van der Waals surface area contributed by atoms with Crippen molar-refractivity contribution in [2.24, 2.45) is 0 Å². The second kappa shape index (κ2) is 6.73. The van der Waals surface area contributed by atoms with Gasteiger partial charge in [0, 0.05) is 17.2 Å². The molecule has 0 spiro atoms. The minimum Gasteiger partial charge on any atom is -0.493 e. The van der Waals surface area contributed by atoms with Crippen LogP contribution in [-0.4, -0.2) is 30.2 Å². The van der Waals surface area contributed by atoms with E-state index in [2.05, 4.69) is 31.4 Å². The van der Waals surface area contributed by atoms with Crippen molar-refractivity contribution in [3.8, 4) is 5.75 Å². The summed E-state index contributed by atoms with van der Waals surface area (Å²) in [5.74, 6) is -0.414. The number of carbonyl (C=O) groups is 1. The molecule has 0 aliphatic carbocycles. The van der Waals surface area contributed by atoms with Crippen LogP contribution < -0.4 is 15.4 Å². The Labute approximate surface area is 139 Å². The zero-order valence-corrected chi connectivity index (χ0v) is 13.1. The molecular weight excluding hydrogens is 360 g/mol. The second-order valence-electron chi connectivity index (χ2n) is 3.83. The van der Waals surface area contributed by atoms with Gasteiger partial charge in [0.15, 0.2) is 16.6 Å². The largest absolute Gasteiger partial charge is 0.493 e. The van der Waals surface area contributed by atoms with E-state index in [9.17, 15) is 4.79 Å². The van der Waals surface area contributed by atoms with Crippen molar-refractivity contribution in [2.75, 3.05) is 19.4 Å². The third-order valence-corrected chi connectivity index (χ3v) is 3.34. The fourth-order valence-corrected chi connectivity index (χ4v) is 2.32. The number of nitrogens with one attached hydrogen (secondary N) is 2. The summed E-state index contributed by atoms with van der Waals surface area (Å²) < 4.78 is 27.3. The van der Waals surface area contributed by atoms with Crippen molar-refractivity contribution < 1.29 is 13.6 Å². The Morgan fingerprint density at radius 2 is 2.24 bits per heavy atom. The van der Waals surface area contributed by atoms with E-state index in [1.54, 1.807) is 18.2 Å². The Morgan fingerprint density at radius 3 is 2.95 bits per heavy atom. The molecule has 8 heteroatoms. The average molecular weight is 375 g/mol. The molecule has 0 unspecified atom stereocenters. The van der Waals surface area contributed by atoms with Crippen LogP contribution in [0, 0.1) is 0 Å². The molecule has 6 nitrogen and oxygen atoms in total. The normalized spacial score (nSPS) is 12.8. The summed E-state index contributed by atoms with van der Waals surface area (Å²) >= 11 is 9.18. The van der Waals surface area contributed by atoms with Gasteiger partial charge in [-0.3, -0.25) is 4.79 Å². The lowest BCUT2D eigenvalue weighted by Gasteiger charge is -2.14. The SMILES string of the molecule is [2H]C([2H])([2H])NC(=O)c1nnc(Cl)cc1Nc1cccc(Br)c1OC. The van der Waals surface area contributed by atoms with E-state index in [-0.39, 0.29) is 16.5 Å². The van der Waals surface area contributed by atoms with E-state index < -0.39 is 12.9 Å². The predicted molar refractivity (Wildman–Crippen MR) is 84.4 cm³/mol. The molecule has 2 rings (SSSR count). The van der Waals surface area contributed by atoms with Crippen molar-refractivity contribution in [1.82, 2.24) is 15.5 Å². The number of benzene rings is 1. The van der Waals surface area contributed by atoms with E-state index in [1.165, 1.54) is 13.2 Å². The second-order valence-corrected chi connectivity index (χ2v) is 5.07. The zero-order chi connectivity index (χ0) is 17.9. The van der Waals surface area contributed by atoms with Crippen molar-refractivity contribution >= 4 is 44.8 Å². The standard InChI is InChI=1S/C13H12BrClN4O2/c1-16-13(20)11-9(6-10(15)18-19-11)17-8-5-3-4-7(14)12(8)21-2/h3-6H,1-2H3,(H,16,20)(H,17,18)/i1D3. The first-order valence-electron chi connectivity index (χ1n) is 7.16. The summed E-state index contributed by atoms with van der Waals surface area (Å²) in [5.41, 5.74) is 0.504. The molecule has 1 amide bonds. The number of rotatable bonds is 4. The molecule has 0 atom stereocenters. The van der Waals surface area contributed by atoms with Crippen molar-refractivity contribution in [3.05, 3.63) is 39.6 Å². The van der Waals surface area contributed by atoms with Gasteiger partial charge in [-0.15, -0.1) is 10.2 Å². The van der Waals surface area contributed by atoms with Crippen LogP contribution in [0.3, 0.4) is 0 Å². The number of hydrogen-bond donors (Lipinski definition) is 2. The number of hydrogen-bond acceptors (Lipinski definition) is 5. The highest BCUT2D eigenvalue weighted by molar-refractivity contribution is 9.10. The lowest BCUT2D eigenvalue weighted by atomic mass is 10.2. The number of amides is 1. The number of ether oxygens (including phenoxy) is 1. The van der Waals surface area contributed by atoms with E-state index in [1.807, 2.05) is 5.32 Å². The lowest BCUT2D eigenvalue weighted by Crippen LogP contribution is -2.21. The number of carbonyl (C=O) groups excluding carboxylic acids is 1. The lowest BCUT2D eigenvalue weighted by molar-refractivity contribution is 0.0958. The van der Waals surface area contributed by atoms with Crippen LogP contribution in [0.1, 0.15) is 14.6 Å². The van der Waals surface area contributed by atoms with Crippen LogP contribution in [0.5, 0.6) is 5.75 Å². The zero-order valence-electron chi connectivity index (χ0n) is 13.8. The number of halogens is 2. The van der Waals surface area contributed by atoms with Crippen LogP contribution in [-0.2, 0) is 0 Å². The Kier molecular flexibility index (Phi) is 3.77. The van der Waals surface area contributed by atoms with Gasteiger partial charge < -0.3 is 15.4 Å². The molecule has 2 aromatic rings. The molecule has 110 valence electrons. The van der Waals surface area contributed by atoms with Crippen molar-refractivity contribution in [2.45, 2.75) is 0 Å². The Bertz CT molecular complexity index is 773. The summed E-state index contributed by atoms with van der Waals surface area (Å²) in [6.45, 7) is -2.65. The number of para-hydroxylation sites is 1. The minimum absolute atomic E-state index is 0.0388. The molecule has 21 heavy (non-hydrogen) atoms. The summed E-state index contributed by atoms with van der Waals surface area (Å²) in [6, 6.07) is 6.62. The quantitative estimate of drug-likeness (QED) is 0.860. The Morgan fingerprint density at radius 1 is 1.43 bits per heavy atom. The van der Waals surface area contributed by atoms with E-state index in [4.69, 9.17) is 20.5 Å². The van der Waals surface area contributed by atoms with Crippen LogP contribution in [0.2, 0.25) is 5.15 Å². The van der Waals surface area contributed by atoms with Gasteiger partial charge in [0.05, 0.1) is 23.0 Å². The molecule has 1 aromatic heterocycles. The molecule has 0 fully saturated rings. The van der Waals surface area contributed by atoms with Crippen LogP contribution >= 0.6 is 27.5 Å². The molecule has 0 aliphatic rings. The molecule has 2 N–H and O–H groups in total. The van der Waals surface area contributed by atoms with Gasteiger partial charge in [-0.2, -0.15) is 0 Å². The van der Waals surface area contributed by atoms with Gasteiger partial charge in [0.1, 0.15) is 0 Å². The third kappa shape index (κ3) is 3.43. The van der Waals surface area contributed by atoms with E-state index in [0.717, 1.165) is 0 Å². The fraction of sp³-hybridized carbons (Fsp3) is 0.154. The molecule has 0 radical (unpaired) electrons. The van der Waals surface area contributed by atoms with Crippen LogP contribution in [0.4, 0.5) is 11.4 Å². The number of nitrogens with zero attached hydrogens (tertiary/aromatic N) is 2. The van der Waals surface area contributed by atoms with Gasteiger partial charge in [-0.1, -0.05) is 17.7 Å². The van der Waals surface area contributed by atoms with Crippen LogP contribution in [0.15, 0.2) is 28.7 Å². The highest BCUT2D eigenvalue weighted by Crippen LogP contribution is 2.35. The minimum atomic E-state index is -2.65. The van der Waals surface area contributed by atoms with E-state index >= 15 is 0 Å². The molecule has 0 bridgehead atoms. The first-order chi connectivity index (χ1) is 11.2. The number of methoxy groups -OCH3 is 1. The topological polar surface area (TPSA) is 76.1 Å². The Balaban J connectivity index is 2.42. The van der Waals surface area contributed by atoms with Gasteiger partial charge in [0.2, 0.25) is 0 Å². The third-order valence-electron chi connectivity index (χ3n) is 2.53. The van der Waals surface area contributed by atoms with Gasteiger partial charge >= 0.3 is 0 Å². The highest BCUT2D eigenvalue weighted by atomic mass is 79.9. The summed E-state index contributed by atoms with van der Waals surface area (Å²) in [7, 11) is 1.49. The first-order valence-corrected chi connectivity index (χ1v) is 6.83. The van der Waals surface area contributed by atoms with Crippen LogP contribution in [0.25, 0.3) is 0 Å². The summed E-state index contributed by atoms with van der Waals surface area (Å²) in [4.78, 5) is 12.1. The fourth-order valence-electron chi connectivity index (χ4n) is 1.65. The monoisotopic (exact) mass is 373 g/mol. The molecule has 0 saturated carbocycles. The maximum Gasteiger partial charge on any atom is 0.273 e. The molecule has 1 heterocycles. The van der Waals surface area contributed by atoms with Gasteiger partial charge in [-0.25, -0.2) is 0 Å². The number of anilines is 2. The smallest absolute Gasteiger partial charge is 0.273 e. The van der Waals surface area contributed by atoms with Crippen molar-refractivity contribution in [1.29, 1.82) is 0 Å². The number of aromatic nitrogens is 2. The van der Waals surface area contributed by atoms with E-state index in [0.29, 0.717) is 15.9 Å². The summed E-state index contributed by atoms with van der Waals surface area (Å²) in [5, 5.41) is 12.1. The molecule has 0 saturated heterocycles. The predicted octanol–water partition coefficient (Wildman–Crippen LogP) is 3.00. The molecular formula is C13H12BrClN4O2. The van der Waals surface area contributed by atoms with Gasteiger partial charge in [-0.05, 0) is 28.1 Å². The maximum atomic E-state index is 12.1. The summed E-state index contributed by atoms with van der Waals surface area (Å²) in [6.07, 6.45) is 0.